The molecule has 1 atom stereocenters. The normalized spacial score (nSPS) is 22.1. The molecule has 1 aromatic carbocycles. The predicted molar refractivity (Wildman–Crippen MR) is 82.4 cm³/mol. The highest BCUT2D eigenvalue weighted by molar-refractivity contribution is 5.54. The zero-order chi connectivity index (χ0) is 13.9. The molecule has 1 aromatic rings. The van der Waals surface area contributed by atoms with Gasteiger partial charge >= 0.3 is 0 Å². The van der Waals surface area contributed by atoms with Crippen molar-refractivity contribution >= 4 is 5.69 Å². The van der Waals surface area contributed by atoms with Gasteiger partial charge in [0.15, 0.2) is 0 Å². The molecule has 2 aliphatic rings. The van der Waals surface area contributed by atoms with Crippen LogP contribution in [-0.2, 0) is 0 Å². The number of phenols is 1. The number of benzene rings is 1. The summed E-state index contributed by atoms with van der Waals surface area (Å²) in [5.41, 5.74) is 2.33. The zero-order valence-electron chi connectivity index (χ0n) is 12.3. The fourth-order valence-electron chi connectivity index (χ4n) is 3.31. The molecule has 1 unspecified atom stereocenters. The number of rotatable bonds is 3. The first-order valence-corrected chi connectivity index (χ1v) is 7.78. The van der Waals surface area contributed by atoms with Crippen molar-refractivity contribution in [2.24, 2.45) is 0 Å². The zero-order valence-corrected chi connectivity index (χ0v) is 12.3. The van der Waals surface area contributed by atoms with Gasteiger partial charge in [-0.3, -0.25) is 4.90 Å². The van der Waals surface area contributed by atoms with Crippen molar-refractivity contribution in [1.82, 2.24) is 10.2 Å². The van der Waals surface area contributed by atoms with Gasteiger partial charge in [0.1, 0.15) is 5.75 Å². The Bertz CT molecular complexity index is 451. The molecule has 0 radical (unpaired) electrons. The van der Waals surface area contributed by atoms with E-state index in [1.54, 1.807) is 0 Å². The monoisotopic (exact) mass is 275 g/mol. The van der Waals surface area contributed by atoms with E-state index < -0.39 is 0 Å². The highest BCUT2D eigenvalue weighted by atomic mass is 16.3. The van der Waals surface area contributed by atoms with Crippen LogP contribution in [0.15, 0.2) is 18.2 Å². The van der Waals surface area contributed by atoms with Crippen LogP contribution in [0.3, 0.4) is 0 Å². The Morgan fingerprint density at radius 1 is 1.10 bits per heavy atom. The summed E-state index contributed by atoms with van der Waals surface area (Å²) in [7, 11) is 0. The third-order valence-corrected chi connectivity index (χ3v) is 4.63. The van der Waals surface area contributed by atoms with Crippen molar-refractivity contribution in [2.75, 3.05) is 44.2 Å². The molecule has 2 fully saturated rings. The molecule has 2 heterocycles. The van der Waals surface area contributed by atoms with Gasteiger partial charge in [0.2, 0.25) is 0 Å². The lowest BCUT2D eigenvalue weighted by Gasteiger charge is -2.33. The van der Waals surface area contributed by atoms with Crippen molar-refractivity contribution in [3.8, 4) is 5.75 Å². The minimum atomic E-state index is 0.277. The molecule has 4 heteroatoms. The van der Waals surface area contributed by atoms with Crippen LogP contribution in [0.1, 0.15) is 31.4 Å². The third kappa shape index (κ3) is 2.76. The lowest BCUT2D eigenvalue weighted by atomic mass is 10.0. The minimum Gasteiger partial charge on any atom is -0.508 e. The van der Waals surface area contributed by atoms with Gasteiger partial charge in [-0.25, -0.2) is 0 Å². The van der Waals surface area contributed by atoms with E-state index in [2.05, 4.69) is 34.2 Å². The molecule has 0 aromatic heterocycles. The largest absolute Gasteiger partial charge is 0.508 e. The first-order valence-electron chi connectivity index (χ1n) is 7.78. The highest BCUT2D eigenvalue weighted by Crippen LogP contribution is 2.33. The predicted octanol–water partition coefficient (Wildman–Crippen LogP) is 1.96. The number of anilines is 1. The lowest BCUT2D eigenvalue weighted by Crippen LogP contribution is -2.44. The van der Waals surface area contributed by atoms with Crippen molar-refractivity contribution in [3.05, 3.63) is 23.8 Å². The number of nitrogens with one attached hydrogen (secondary N) is 1. The van der Waals surface area contributed by atoms with E-state index in [1.165, 1.54) is 18.5 Å². The Morgan fingerprint density at radius 2 is 1.80 bits per heavy atom. The first kappa shape index (κ1) is 13.7. The van der Waals surface area contributed by atoms with Gasteiger partial charge < -0.3 is 15.3 Å². The van der Waals surface area contributed by atoms with E-state index in [1.807, 2.05) is 6.07 Å². The molecular weight excluding hydrogens is 250 g/mol. The third-order valence-electron chi connectivity index (χ3n) is 4.63. The van der Waals surface area contributed by atoms with Crippen molar-refractivity contribution < 1.29 is 5.11 Å². The molecule has 2 aliphatic heterocycles. The molecule has 110 valence electrons. The number of hydrogen-bond acceptors (Lipinski definition) is 4. The standard InChI is InChI=1S/C16H25N3O/c1-13(18-10-6-17-7-11-18)15-12-14(4-5-16(15)20)19-8-2-3-9-19/h4-5,12-13,17,20H,2-3,6-11H2,1H3. The van der Waals surface area contributed by atoms with Gasteiger partial charge in [-0.05, 0) is 38.0 Å². The summed E-state index contributed by atoms with van der Waals surface area (Å²) >= 11 is 0. The fourth-order valence-corrected chi connectivity index (χ4v) is 3.31. The van der Waals surface area contributed by atoms with E-state index >= 15 is 0 Å². The second kappa shape index (κ2) is 6.02. The highest BCUT2D eigenvalue weighted by Gasteiger charge is 2.22. The summed E-state index contributed by atoms with van der Waals surface area (Å²) in [6.45, 7) is 8.67. The number of hydrogen-bond donors (Lipinski definition) is 2. The first-order chi connectivity index (χ1) is 9.75. The molecule has 4 nitrogen and oxygen atoms in total. The maximum absolute atomic E-state index is 10.2. The maximum Gasteiger partial charge on any atom is 0.120 e. The van der Waals surface area contributed by atoms with Crippen LogP contribution in [0.4, 0.5) is 5.69 Å². The Morgan fingerprint density at radius 3 is 2.50 bits per heavy atom. The average Bonchev–Trinajstić information content (AvgIpc) is 3.02. The summed E-state index contributed by atoms with van der Waals surface area (Å²) in [5, 5.41) is 13.6. The Labute approximate surface area is 121 Å². The molecule has 0 saturated carbocycles. The van der Waals surface area contributed by atoms with Crippen LogP contribution in [0.5, 0.6) is 5.75 Å². The van der Waals surface area contributed by atoms with Crippen molar-refractivity contribution in [1.29, 1.82) is 0 Å². The van der Waals surface area contributed by atoms with Crippen LogP contribution >= 0.6 is 0 Å². The SMILES string of the molecule is CC(c1cc(N2CCCC2)ccc1O)N1CCNCC1. The molecule has 3 rings (SSSR count). The van der Waals surface area contributed by atoms with Gasteiger partial charge in [0, 0.05) is 56.6 Å². The van der Waals surface area contributed by atoms with E-state index in [-0.39, 0.29) is 6.04 Å². The van der Waals surface area contributed by atoms with Gasteiger partial charge in [0.25, 0.3) is 0 Å². The minimum absolute atomic E-state index is 0.277. The molecule has 0 amide bonds. The lowest BCUT2D eigenvalue weighted by molar-refractivity contribution is 0.183. The molecular formula is C16H25N3O. The summed E-state index contributed by atoms with van der Waals surface area (Å²) < 4.78 is 0. The van der Waals surface area contributed by atoms with Crippen LogP contribution in [0.25, 0.3) is 0 Å². The van der Waals surface area contributed by atoms with Gasteiger partial charge in [-0.1, -0.05) is 0 Å². The number of phenolic OH excluding ortho intramolecular Hbond substituents is 1. The molecule has 0 aliphatic carbocycles. The second-order valence-electron chi connectivity index (χ2n) is 5.90. The van der Waals surface area contributed by atoms with Crippen LogP contribution in [0.2, 0.25) is 0 Å². The molecule has 20 heavy (non-hydrogen) atoms. The quantitative estimate of drug-likeness (QED) is 0.884. The number of nitrogens with zero attached hydrogens (tertiary/aromatic N) is 2. The van der Waals surface area contributed by atoms with E-state index in [9.17, 15) is 5.11 Å². The Balaban J connectivity index is 1.81. The fraction of sp³-hybridized carbons (Fsp3) is 0.625. The molecule has 0 bridgehead atoms. The van der Waals surface area contributed by atoms with Crippen molar-refractivity contribution in [3.63, 3.8) is 0 Å². The summed E-state index contributed by atoms with van der Waals surface area (Å²) in [5.74, 6) is 0.430. The van der Waals surface area contributed by atoms with Crippen LogP contribution in [-0.4, -0.2) is 49.3 Å². The summed E-state index contributed by atoms with van der Waals surface area (Å²) in [6.07, 6.45) is 2.56. The number of aromatic hydroxyl groups is 1. The van der Waals surface area contributed by atoms with E-state index in [4.69, 9.17) is 0 Å². The van der Waals surface area contributed by atoms with Crippen LogP contribution < -0.4 is 10.2 Å². The van der Waals surface area contributed by atoms with E-state index in [0.29, 0.717) is 5.75 Å². The topological polar surface area (TPSA) is 38.7 Å². The Hall–Kier alpha value is -1.26. The van der Waals surface area contributed by atoms with Gasteiger partial charge in [-0.2, -0.15) is 0 Å². The summed E-state index contributed by atoms with van der Waals surface area (Å²) in [4.78, 5) is 4.87. The van der Waals surface area contributed by atoms with Gasteiger partial charge in [-0.15, -0.1) is 0 Å². The van der Waals surface area contributed by atoms with E-state index in [0.717, 1.165) is 44.8 Å². The van der Waals surface area contributed by atoms with Crippen molar-refractivity contribution in [2.45, 2.75) is 25.8 Å². The molecule has 2 N–H and O–H groups in total. The molecule has 0 spiro atoms. The molecule has 2 saturated heterocycles. The second-order valence-corrected chi connectivity index (χ2v) is 5.90. The number of piperazine rings is 1. The smallest absolute Gasteiger partial charge is 0.120 e. The Kier molecular flexibility index (Phi) is 4.13. The summed E-state index contributed by atoms with van der Waals surface area (Å²) in [6, 6.07) is 6.38. The van der Waals surface area contributed by atoms with Crippen LogP contribution in [0, 0.1) is 0 Å². The average molecular weight is 275 g/mol. The maximum atomic E-state index is 10.2. The van der Waals surface area contributed by atoms with Gasteiger partial charge in [0.05, 0.1) is 0 Å².